The zero-order valence-corrected chi connectivity index (χ0v) is 14.1. The maximum atomic E-state index is 14.3. The number of methoxy groups -OCH3 is 1. The summed E-state index contributed by atoms with van der Waals surface area (Å²) in [5.74, 6) is -2.11. The van der Waals surface area contributed by atoms with Crippen molar-refractivity contribution < 1.29 is 36.9 Å². The Morgan fingerprint density at radius 2 is 2.04 bits per heavy atom. The van der Waals surface area contributed by atoms with Gasteiger partial charge in [0, 0.05) is 12.6 Å². The van der Waals surface area contributed by atoms with E-state index in [9.17, 15) is 22.4 Å². The smallest absolute Gasteiger partial charge is 0.425 e. The lowest BCUT2D eigenvalue weighted by Gasteiger charge is -2.19. The van der Waals surface area contributed by atoms with E-state index in [1.165, 1.54) is 13.1 Å². The van der Waals surface area contributed by atoms with Gasteiger partial charge >= 0.3 is 12.1 Å². The number of aryl methyl sites for hydroxylation is 1. The molecule has 0 amide bonds. The lowest BCUT2D eigenvalue weighted by molar-refractivity contribution is -0.189. The van der Waals surface area contributed by atoms with Crippen molar-refractivity contribution in [1.29, 1.82) is 0 Å². The number of aromatic nitrogens is 2. The second kappa shape index (κ2) is 7.32. The van der Waals surface area contributed by atoms with Crippen LogP contribution in [0, 0.1) is 5.82 Å². The van der Waals surface area contributed by atoms with E-state index >= 15 is 0 Å². The van der Waals surface area contributed by atoms with Gasteiger partial charge in [0.1, 0.15) is 17.0 Å². The highest BCUT2D eigenvalue weighted by Gasteiger charge is 2.38. The minimum atomic E-state index is -4.63. The Morgan fingerprint density at radius 1 is 1.38 bits per heavy atom. The van der Waals surface area contributed by atoms with Crippen molar-refractivity contribution in [2.45, 2.75) is 25.8 Å². The third-order valence-corrected chi connectivity index (χ3v) is 3.67. The SMILES string of the molecule is COC(=O)c1cc(-c2nn(C)c(CO)c2F)ccc1O[C@@H](C)C(F)(F)F. The van der Waals surface area contributed by atoms with Crippen molar-refractivity contribution in [3.05, 3.63) is 35.3 Å². The number of aliphatic hydroxyl groups is 1. The van der Waals surface area contributed by atoms with Gasteiger partial charge in [-0.05, 0) is 25.1 Å². The van der Waals surface area contributed by atoms with E-state index in [0.717, 1.165) is 30.8 Å². The van der Waals surface area contributed by atoms with Crippen molar-refractivity contribution >= 4 is 5.97 Å². The molecule has 0 aliphatic rings. The summed E-state index contributed by atoms with van der Waals surface area (Å²) in [7, 11) is 2.47. The molecule has 1 atom stereocenters. The van der Waals surface area contributed by atoms with E-state index in [2.05, 4.69) is 9.84 Å². The first-order valence-electron chi connectivity index (χ1n) is 7.38. The lowest BCUT2D eigenvalue weighted by atomic mass is 10.1. The predicted molar refractivity (Wildman–Crippen MR) is 82.0 cm³/mol. The molecule has 0 aliphatic heterocycles. The Kier molecular flexibility index (Phi) is 5.55. The van der Waals surface area contributed by atoms with Crippen molar-refractivity contribution in [1.82, 2.24) is 9.78 Å². The van der Waals surface area contributed by atoms with Crippen LogP contribution in [0.5, 0.6) is 5.75 Å². The largest absolute Gasteiger partial charge is 0.480 e. The highest BCUT2D eigenvalue weighted by molar-refractivity contribution is 5.94. The van der Waals surface area contributed by atoms with Crippen LogP contribution in [-0.4, -0.2) is 40.2 Å². The standard InChI is InChI=1S/C16H16F4N2O4/c1-8(16(18,19)20)26-12-5-4-9(6-10(12)15(24)25-3)14-13(17)11(7-23)22(2)21-14/h4-6,8,23H,7H2,1-3H3/t8-/m0/s1. The van der Waals surface area contributed by atoms with Crippen LogP contribution in [0.15, 0.2) is 18.2 Å². The molecule has 0 unspecified atom stereocenters. The molecule has 0 bridgehead atoms. The molecule has 1 heterocycles. The normalized spacial score (nSPS) is 12.8. The molecule has 6 nitrogen and oxygen atoms in total. The average Bonchev–Trinajstić information content (AvgIpc) is 2.87. The van der Waals surface area contributed by atoms with Gasteiger partial charge in [0.25, 0.3) is 0 Å². The third kappa shape index (κ3) is 3.79. The molecule has 2 rings (SSSR count). The number of ether oxygens (including phenoxy) is 2. The summed E-state index contributed by atoms with van der Waals surface area (Å²) < 4.78 is 62.9. The van der Waals surface area contributed by atoms with Crippen LogP contribution < -0.4 is 4.74 Å². The number of hydrogen-bond donors (Lipinski definition) is 1. The first kappa shape index (κ1) is 19.7. The van der Waals surface area contributed by atoms with Gasteiger partial charge in [-0.1, -0.05) is 0 Å². The second-order valence-corrected chi connectivity index (χ2v) is 5.40. The molecule has 1 N–H and O–H groups in total. The fourth-order valence-corrected chi connectivity index (χ4v) is 2.20. The Hall–Kier alpha value is -2.62. The van der Waals surface area contributed by atoms with E-state index in [0.29, 0.717) is 0 Å². The summed E-state index contributed by atoms with van der Waals surface area (Å²) >= 11 is 0. The first-order valence-corrected chi connectivity index (χ1v) is 7.38. The van der Waals surface area contributed by atoms with E-state index in [-0.39, 0.29) is 28.3 Å². The molecule has 0 saturated carbocycles. The summed E-state index contributed by atoms with van der Waals surface area (Å²) in [4.78, 5) is 11.9. The van der Waals surface area contributed by atoms with Gasteiger partial charge in [0.15, 0.2) is 11.9 Å². The Morgan fingerprint density at radius 3 is 2.54 bits per heavy atom. The molecule has 142 valence electrons. The van der Waals surface area contributed by atoms with E-state index < -0.39 is 30.7 Å². The number of nitrogens with zero attached hydrogens (tertiary/aromatic N) is 2. The van der Waals surface area contributed by atoms with Gasteiger partial charge in [-0.15, -0.1) is 0 Å². The molecule has 0 saturated heterocycles. The van der Waals surface area contributed by atoms with Crippen LogP contribution in [0.25, 0.3) is 11.3 Å². The van der Waals surface area contributed by atoms with Crippen LogP contribution in [-0.2, 0) is 18.4 Å². The first-order chi connectivity index (χ1) is 12.1. The van der Waals surface area contributed by atoms with Crippen LogP contribution in [0.2, 0.25) is 0 Å². The van der Waals surface area contributed by atoms with Crippen LogP contribution >= 0.6 is 0 Å². The minimum absolute atomic E-state index is 0.0781. The molecule has 26 heavy (non-hydrogen) atoms. The number of benzene rings is 1. The summed E-state index contributed by atoms with van der Waals surface area (Å²) in [6.07, 6.45) is -6.79. The molecular weight excluding hydrogens is 360 g/mol. The van der Waals surface area contributed by atoms with Gasteiger partial charge in [-0.2, -0.15) is 18.3 Å². The van der Waals surface area contributed by atoms with Gasteiger partial charge < -0.3 is 14.6 Å². The summed E-state index contributed by atoms with van der Waals surface area (Å²) in [6, 6.07) is 3.49. The minimum Gasteiger partial charge on any atom is -0.480 e. The molecule has 1 aromatic carbocycles. The van der Waals surface area contributed by atoms with Crippen LogP contribution in [0.4, 0.5) is 17.6 Å². The molecule has 0 aliphatic carbocycles. The monoisotopic (exact) mass is 376 g/mol. The quantitative estimate of drug-likeness (QED) is 0.642. The van der Waals surface area contributed by atoms with E-state index in [4.69, 9.17) is 9.84 Å². The number of hydrogen-bond acceptors (Lipinski definition) is 5. The predicted octanol–water partition coefficient (Wildman–Crippen LogP) is 2.83. The van der Waals surface area contributed by atoms with Gasteiger partial charge in [-0.25, -0.2) is 9.18 Å². The number of halogens is 4. The van der Waals surface area contributed by atoms with Crippen molar-refractivity contribution in [3.63, 3.8) is 0 Å². The number of esters is 1. The number of carbonyl (C=O) groups excluding carboxylic acids is 1. The van der Waals surface area contributed by atoms with Crippen molar-refractivity contribution in [2.75, 3.05) is 7.11 Å². The zero-order valence-electron chi connectivity index (χ0n) is 14.1. The summed E-state index contributed by atoms with van der Waals surface area (Å²) in [5, 5.41) is 13.1. The summed E-state index contributed by atoms with van der Waals surface area (Å²) in [5.41, 5.74) is -0.440. The zero-order chi connectivity index (χ0) is 19.6. The van der Waals surface area contributed by atoms with Crippen LogP contribution in [0.3, 0.4) is 0 Å². The highest BCUT2D eigenvalue weighted by Crippen LogP contribution is 2.32. The van der Waals surface area contributed by atoms with Gasteiger partial charge in [0.05, 0.1) is 19.4 Å². The molecule has 0 fully saturated rings. The third-order valence-electron chi connectivity index (χ3n) is 3.67. The number of aliphatic hydroxyl groups excluding tert-OH is 1. The highest BCUT2D eigenvalue weighted by atomic mass is 19.4. The fourth-order valence-electron chi connectivity index (χ4n) is 2.20. The van der Waals surface area contributed by atoms with Gasteiger partial charge in [0.2, 0.25) is 0 Å². The van der Waals surface area contributed by atoms with E-state index in [1.807, 2.05) is 0 Å². The van der Waals surface area contributed by atoms with Gasteiger partial charge in [-0.3, -0.25) is 4.68 Å². The van der Waals surface area contributed by atoms with Crippen LogP contribution in [0.1, 0.15) is 23.0 Å². The number of alkyl halides is 3. The molecule has 1 aromatic heterocycles. The molecule has 10 heteroatoms. The number of rotatable bonds is 5. The molecule has 0 spiro atoms. The van der Waals surface area contributed by atoms with Crippen molar-refractivity contribution in [2.24, 2.45) is 7.05 Å². The maximum Gasteiger partial charge on any atom is 0.425 e. The number of carbonyl (C=O) groups is 1. The fraction of sp³-hybridized carbons (Fsp3) is 0.375. The molecular formula is C16H16F4N2O4. The maximum absolute atomic E-state index is 14.3. The average molecular weight is 376 g/mol. The molecule has 2 aromatic rings. The summed E-state index contributed by atoms with van der Waals surface area (Å²) in [6.45, 7) is 0.199. The Balaban J connectivity index is 2.51. The molecule has 0 radical (unpaired) electrons. The van der Waals surface area contributed by atoms with E-state index in [1.54, 1.807) is 0 Å². The lowest BCUT2D eigenvalue weighted by Crippen LogP contribution is -2.31. The topological polar surface area (TPSA) is 73.6 Å². The Bertz CT molecular complexity index is 817. The van der Waals surface area contributed by atoms with Crippen molar-refractivity contribution in [3.8, 4) is 17.0 Å². The second-order valence-electron chi connectivity index (χ2n) is 5.40. The Labute approximate surface area is 145 Å².